The first-order chi connectivity index (χ1) is 9.38. The third-order valence-electron chi connectivity index (χ3n) is 3.62. The van der Waals surface area contributed by atoms with Crippen LogP contribution >= 0.6 is 23.2 Å². The number of benzene rings is 1. The average molecular weight is 316 g/mol. The first kappa shape index (κ1) is 17.8. The van der Waals surface area contributed by atoms with Crippen molar-refractivity contribution in [3.63, 3.8) is 0 Å². The maximum atomic E-state index is 6.32. The van der Waals surface area contributed by atoms with Gasteiger partial charge < -0.3 is 5.32 Å². The van der Waals surface area contributed by atoms with Gasteiger partial charge in [0.25, 0.3) is 0 Å². The highest BCUT2D eigenvalue weighted by atomic mass is 35.5. The molecule has 20 heavy (non-hydrogen) atoms. The highest BCUT2D eigenvalue weighted by Gasteiger charge is 2.25. The Kier molecular flexibility index (Phi) is 7.36. The Morgan fingerprint density at radius 1 is 1.20 bits per heavy atom. The molecular weight excluding hydrogens is 289 g/mol. The van der Waals surface area contributed by atoms with Gasteiger partial charge in [-0.1, -0.05) is 63.4 Å². The van der Waals surface area contributed by atoms with Crippen LogP contribution in [0.5, 0.6) is 0 Å². The summed E-state index contributed by atoms with van der Waals surface area (Å²) in [5.74, 6) is 0.671. The molecule has 0 aromatic heterocycles. The van der Waals surface area contributed by atoms with Crippen molar-refractivity contribution in [2.75, 3.05) is 13.1 Å². The van der Waals surface area contributed by atoms with Crippen LogP contribution in [0.3, 0.4) is 0 Å². The van der Waals surface area contributed by atoms with Crippen LogP contribution in [-0.4, -0.2) is 13.1 Å². The van der Waals surface area contributed by atoms with E-state index in [1.165, 1.54) is 12.8 Å². The molecule has 1 aromatic rings. The molecule has 1 atom stereocenters. The molecule has 0 saturated carbocycles. The molecule has 1 aromatic carbocycles. The fraction of sp³-hybridized carbons (Fsp3) is 0.647. The minimum absolute atomic E-state index is 0.193. The number of hydrogen-bond acceptors (Lipinski definition) is 1. The SMILES string of the molecule is CCCC(C)(CNCC(C)C)Cc1c(Cl)cccc1Cl. The first-order valence-electron chi connectivity index (χ1n) is 7.51. The summed E-state index contributed by atoms with van der Waals surface area (Å²) < 4.78 is 0. The molecule has 0 heterocycles. The summed E-state index contributed by atoms with van der Waals surface area (Å²) in [6.45, 7) is 11.1. The van der Waals surface area contributed by atoms with Crippen molar-refractivity contribution in [2.45, 2.75) is 47.0 Å². The molecule has 0 spiro atoms. The summed E-state index contributed by atoms with van der Waals surface area (Å²) in [7, 11) is 0. The highest BCUT2D eigenvalue weighted by Crippen LogP contribution is 2.34. The van der Waals surface area contributed by atoms with E-state index in [0.29, 0.717) is 5.92 Å². The lowest BCUT2D eigenvalue weighted by Gasteiger charge is -2.31. The van der Waals surface area contributed by atoms with Crippen molar-refractivity contribution in [1.82, 2.24) is 5.32 Å². The Balaban J connectivity index is 2.79. The van der Waals surface area contributed by atoms with Crippen molar-refractivity contribution < 1.29 is 0 Å². The summed E-state index contributed by atoms with van der Waals surface area (Å²) in [6.07, 6.45) is 3.26. The van der Waals surface area contributed by atoms with E-state index in [1.54, 1.807) is 0 Å². The lowest BCUT2D eigenvalue weighted by Crippen LogP contribution is -2.35. The van der Waals surface area contributed by atoms with Crippen LogP contribution in [0.1, 0.15) is 46.1 Å². The zero-order valence-electron chi connectivity index (χ0n) is 13.1. The predicted molar refractivity (Wildman–Crippen MR) is 90.9 cm³/mol. The molecule has 0 aliphatic rings. The molecule has 3 heteroatoms. The van der Waals surface area contributed by atoms with E-state index in [4.69, 9.17) is 23.2 Å². The van der Waals surface area contributed by atoms with Crippen LogP contribution in [0.15, 0.2) is 18.2 Å². The van der Waals surface area contributed by atoms with E-state index in [1.807, 2.05) is 18.2 Å². The lowest BCUT2D eigenvalue weighted by atomic mass is 9.79. The van der Waals surface area contributed by atoms with Gasteiger partial charge in [0.05, 0.1) is 0 Å². The predicted octanol–water partition coefficient (Wildman–Crippen LogP) is 5.59. The minimum atomic E-state index is 0.193. The van der Waals surface area contributed by atoms with Crippen LogP contribution in [-0.2, 0) is 6.42 Å². The summed E-state index contributed by atoms with van der Waals surface area (Å²) in [5.41, 5.74) is 1.27. The van der Waals surface area contributed by atoms with Gasteiger partial charge in [-0.3, -0.25) is 0 Å². The van der Waals surface area contributed by atoms with Crippen LogP contribution in [0, 0.1) is 11.3 Å². The van der Waals surface area contributed by atoms with Crippen molar-refractivity contribution in [2.24, 2.45) is 11.3 Å². The zero-order chi connectivity index (χ0) is 15.2. The van der Waals surface area contributed by atoms with Gasteiger partial charge >= 0.3 is 0 Å². The van der Waals surface area contributed by atoms with E-state index in [2.05, 4.69) is 33.0 Å². The van der Waals surface area contributed by atoms with E-state index in [0.717, 1.165) is 35.1 Å². The van der Waals surface area contributed by atoms with E-state index in [-0.39, 0.29) is 5.41 Å². The minimum Gasteiger partial charge on any atom is -0.316 e. The molecule has 0 fully saturated rings. The summed E-state index contributed by atoms with van der Waals surface area (Å²) in [6, 6.07) is 5.76. The molecule has 1 rings (SSSR count). The maximum Gasteiger partial charge on any atom is 0.0453 e. The van der Waals surface area contributed by atoms with E-state index >= 15 is 0 Å². The molecule has 0 amide bonds. The molecule has 1 unspecified atom stereocenters. The van der Waals surface area contributed by atoms with Crippen molar-refractivity contribution in [1.29, 1.82) is 0 Å². The number of nitrogens with one attached hydrogen (secondary N) is 1. The molecule has 0 aliphatic carbocycles. The monoisotopic (exact) mass is 315 g/mol. The lowest BCUT2D eigenvalue weighted by molar-refractivity contribution is 0.271. The van der Waals surface area contributed by atoms with Crippen molar-refractivity contribution >= 4 is 23.2 Å². The van der Waals surface area contributed by atoms with E-state index in [9.17, 15) is 0 Å². The number of halogens is 2. The van der Waals surface area contributed by atoms with Crippen LogP contribution in [0.2, 0.25) is 10.0 Å². The van der Waals surface area contributed by atoms with Gasteiger partial charge in [0.2, 0.25) is 0 Å². The number of hydrogen-bond donors (Lipinski definition) is 1. The Morgan fingerprint density at radius 3 is 2.30 bits per heavy atom. The first-order valence-corrected chi connectivity index (χ1v) is 8.27. The second-order valence-corrected chi connectivity index (χ2v) is 7.28. The van der Waals surface area contributed by atoms with Crippen molar-refractivity contribution in [3.8, 4) is 0 Å². The smallest absolute Gasteiger partial charge is 0.0453 e. The fourth-order valence-corrected chi connectivity index (χ4v) is 3.16. The maximum absolute atomic E-state index is 6.32. The van der Waals surface area contributed by atoms with Crippen molar-refractivity contribution in [3.05, 3.63) is 33.8 Å². The fourth-order valence-electron chi connectivity index (χ4n) is 2.63. The third kappa shape index (κ3) is 5.63. The molecule has 0 radical (unpaired) electrons. The Labute approximate surface area is 134 Å². The van der Waals surface area contributed by atoms with Gasteiger partial charge in [-0.05, 0) is 48.4 Å². The molecular formula is C17H27Cl2N. The quantitative estimate of drug-likeness (QED) is 0.659. The molecule has 1 N–H and O–H groups in total. The van der Waals surface area contributed by atoms with Gasteiger partial charge in [0.1, 0.15) is 0 Å². The van der Waals surface area contributed by atoms with Gasteiger partial charge in [0, 0.05) is 16.6 Å². The largest absolute Gasteiger partial charge is 0.316 e. The number of rotatable bonds is 8. The molecule has 0 saturated heterocycles. The Hall–Kier alpha value is -0.240. The normalized spacial score (nSPS) is 14.6. The van der Waals surface area contributed by atoms with Gasteiger partial charge in [-0.25, -0.2) is 0 Å². The zero-order valence-corrected chi connectivity index (χ0v) is 14.6. The van der Waals surface area contributed by atoms with Crippen LogP contribution in [0.25, 0.3) is 0 Å². The van der Waals surface area contributed by atoms with Gasteiger partial charge in [-0.2, -0.15) is 0 Å². The Bertz CT molecular complexity index is 397. The standard InChI is InChI=1S/C17H27Cl2N/c1-5-9-17(4,12-20-11-13(2)3)10-14-15(18)7-6-8-16(14)19/h6-8,13,20H,5,9-12H2,1-4H3. The second-order valence-electron chi connectivity index (χ2n) is 6.46. The highest BCUT2D eigenvalue weighted by molar-refractivity contribution is 6.36. The topological polar surface area (TPSA) is 12.0 Å². The van der Waals surface area contributed by atoms with Gasteiger partial charge in [-0.15, -0.1) is 0 Å². The molecule has 1 nitrogen and oxygen atoms in total. The average Bonchev–Trinajstić information content (AvgIpc) is 2.34. The van der Waals surface area contributed by atoms with Crippen LogP contribution < -0.4 is 5.32 Å². The second kappa shape index (κ2) is 8.26. The molecule has 0 aliphatic heterocycles. The van der Waals surface area contributed by atoms with E-state index < -0.39 is 0 Å². The van der Waals surface area contributed by atoms with Crippen LogP contribution in [0.4, 0.5) is 0 Å². The Morgan fingerprint density at radius 2 is 1.80 bits per heavy atom. The summed E-state index contributed by atoms with van der Waals surface area (Å²) >= 11 is 12.6. The molecule has 0 bridgehead atoms. The molecule has 114 valence electrons. The summed E-state index contributed by atoms with van der Waals surface area (Å²) in [5, 5.41) is 5.15. The van der Waals surface area contributed by atoms with Gasteiger partial charge in [0.15, 0.2) is 0 Å². The third-order valence-corrected chi connectivity index (χ3v) is 4.33. The summed E-state index contributed by atoms with van der Waals surface area (Å²) in [4.78, 5) is 0.